The van der Waals surface area contributed by atoms with Crippen molar-refractivity contribution in [3.8, 4) is 0 Å². The molecule has 0 unspecified atom stereocenters. The van der Waals surface area contributed by atoms with Gasteiger partial charge in [0.25, 0.3) is 0 Å². The molecule has 1 aliphatic heterocycles. The monoisotopic (exact) mass is 227 g/mol. The van der Waals surface area contributed by atoms with Gasteiger partial charge in [-0.15, -0.1) is 0 Å². The highest BCUT2D eigenvalue weighted by Crippen LogP contribution is 2.28. The second-order valence-corrected chi connectivity index (χ2v) is 2.88. The highest BCUT2D eigenvalue weighted by atomic mass is 79.9. The van der Waals surface area contributed by atoms with Crippen molar-refractivity contribution in [2.24, 2.45) is 0 Å². The average Bonchev–Trinajstić information content (AvgIpc) is 1.86. The molecule has 0 radical (unpaired) electrons. The zero-order valence-electron chi connectivity index (χ0n) is 5.37. The Bertz CT molecular complexity index is 216. The van der Waals surface area contributed by atoms with Gasteiger partial charge in [-0.1, -0.05) is 6.08 Å². The van der Waals surface area contributed by atoms with Crippen molar-refractivity contribution in [1.29, 1.82) is 0 Å². The van der Waals surface area contributed by atoms with Crippen LogP contribution in [-0.4, -0.2) is 12.7 Å². The van der Waals surface area contributed by atoms with Crippen molar-refractivity contribution in [3.05, 3.63) is 22.3 Å². The van der Waals surface area contributed by atoms with Gasteiger partial charge in [-0.2, -0.15) is 13.2 Å². The van der Waals surface area contributed by atoms with E-state index in [1.807, 2.05) is 0 Å². The summed E-state index contributed by atoms with van der Waals surface area (Å²) in [4.78, 5) is 0. The minimum atomic E-state index is -4.23. The van der Waals surface area contributed by atoms with Crippen LogP contribution >= 0.6 is 15.9 Å². The summed E-state index contributed by atoms with van der Waals surface area (Å²) in [6.07, 6.45) is -2.12. The summed E-state index contributed by atoms with van der Waals surface area (Å²) in [6, 6.07) is 0. The van der Waals surface area contributed by atoms with E-state index in [0.29, 0.717) is 4.61 Å². The molecule has 0 aromatic carbocycles. The highest BCUT2D eigenvalue weighted by Gasteiger charge is 2.32. The SMILES string of the molecule is FC(F)(F)C1=CCNC(Br)=C1. The molecule has 1 nitrogen and oxygen atoms in total. The van der Waals surface area contributed by atoms with Gasteiger partial charge < -0.3 is 5.32 Å². The molecule has 0 fully saturated rings. The Morgan fingerprint density at radius 2 is 2.09 bits per heavy atom. The summed E-state index contributed by atoms with van der Waals surface area (Å²) in [7, 11) is 0. The Morgan fingerprint density at radius 1 is 1.45 bits per heavy atom. The van der Waals surface area contributed by atoms with Crippen LogP contribution in [0.2, 0.25) is 0 Å². The van der Waals surface area contributed by atoms with E-state index >= 15 is 0 Å². The smallest absolute Gasteiger partial charge is 0.376 e. The van der Waals surface area contributed by atoms with Crippen LogP contribution in [0.3, 0.4) is 0 Å². The van der Waals surface area contributed by atoms with Crippen LogP contribution in [0.5, 0.6) is 0 Å². The zero-order valence-corrected chi connectivity index (χ0v) is 6.96. The second kappa shape index (κ2) is 2.89. The molecule has 0 aromatic rings. The Labute approximate surface area is 70.1 Å². The molecule has 62 valence electrons. The summed E-state index contributed by atoms with van der Waals surface area (Å²) >= 11 is 2.93. The van der Waals surface area contributed by atoms with Gasteiger partial charge in [0.2, 0.25) is 0 Å². The molecule has 0 saturated heterocycles. The minimum Gasteiger partial charge on any atom is -0.376 e. The van der Waals surface area contributed by atoms with Crippen LogP contribution in [0.1, 0.15) is 0 Å². The fourth-order valence-electron chi connectivity index (χ4n) is 0.703. The molecule has 1 aliphatic rings. The first-order valence-electron chi connectivity index (χ1n) is 2.88. The predicted octanol–water partition coefficient (Wildman–Crippen LogP) is 2.31. The number of halogens is 4. The lowest BCUT2D eigenvalue weighted by molar-refractivity contribution is -0.0886. The van der Waals surface area contributed by atoms with Gasteiger partial charge in [0.1, 0.15) is 0 Å². The van der Waals surface area contributed by atoms with Crippen LogP contribution in [-0.2, 0) is 0 Å². The van der Waals surface area contributed by atoms with E-state index in [9.17, 15) is 13.2 Å². The van der Waals surface area contributed by atoms with Gasteiger partial charge in [-0.05, 0) is 22.0 Å². The van der Waals surface area contributed by atoms with E-state index in [2.05, 4.69) is 21.2 Å². The summed E-state index contributed by atoms with van der Waals surface area (Å²) in [6.45, 7) is 0.214. The van der Waals surface area contributed by atoms with E-state index in [1.54, 1.807) is 0 Å². The molecule has 1 rings (SSSR count). The molecular formula is C6H5BrF3N. The molecule has 0 bridgehead atoms. The molecule has 5 heteroatoms. The van der Waals surface area contributed by atoms with E-state index in [4.69, 9.17) is 0 Å². The van der Waals surface area contributed by atoms with Crippen LogP contribution in [0.25, 0.3) is 0 Å². The maximum Gasteiger partial charge on any atom is 0.416 e. The van der Waals surface area contributed by atoms with Gasteiger partial charge in [-0.25, -0.2) is 0 Å². The quantitative estimate of drug-likeness (QED) is 0.627. The molecule has 0 spiro atoms. The number of rotatable bonds is 0. The fourth-order valence-corrected chi connectivity index (χ4v) is 1.11. The molecule has 0 amide bonds. The molecule has 1 heterocycles. The van der Waals surface area contributed by atoms with Crippen LogP contribution in [0.4, 0.5) is 13.2 Å². The Balaban J connectivity index is 2.82. The van der Waals surface area contributed by atoms with Gasteiger partial charge in [-0.3, -0.25) is 0 Å². The molecular weight excluding hydrogens is 223 g/mol. The van der Waals surface area contributed by atoms with Gasteiger partial charge in [0.15, 0.2) is 0 Å². The average molecular weight is 228 g/mol. The summed E-state index contributed by atoms with van der Waals surface area (Å²) in [5.41, 5.74) is -0.608. The molecule has 0 atom stereocenters. The summed E-state index contributed by atoms with van der Waals surface area (Å²) in [5.74, 6) is 0. The van der Waals surface area contributed by atoms with Crippen LogP contribution in [0.15, 0.2) is 22.3 Å². The Kier molecular flexibility index (Phi) is 2.27. The number of dihydropyridines is 1. The maximum atomic E-state index is 12.0. The van der Waals surface area contributed by atoms with E-state index < -0.39 is 11.7 Å². The maximum absolute atomic E-state index is 12.0. The minimum absolute atomic E-state index is 0.214. The second-order valence-electron chi connectivity index (χ2n) is 2.03. The van der Waals surface area contributed by atoms with Crippen molar-refractivity contribution in [2.75, 3.05) is 6.54 Å². The Hall–Kier alpha value is -0.450. The summed E-state index contributed by atoms with van der Waals surface area (Å²) < 4.78 is 36.2. The standard InChI is InChI=1S/C6H5BrF3N/c7-5-3-4(1-2-11-5)6(8,9)10/h1,3,11H,2H2. The van der Waals surface area contributed by atoms with E-state index in [-0.39, 0.29) is 6.54 Å². The van der Waals surface area contributed by atoms with Crippen molar-refractivity contribution in [2.45, 2.75) is 6.18 Å². The Morgan fingerprint density at radius 3 is 2.45 bits per heavy atom. The number of alkyl halides is 3. The van der Waals surface area contributed by atoms with Gasteiger partial charge >= 0.3 is 6.18 Å². The largest absolute Gasteiger partial charge is 0.416 e. The number of hydrogen-bond acceptors (Lipinski definition) is 1. The third-order valence-corrected chi connectivity index (χ3v) is 1.71. The molecule has 1 N–H and O–H groups in total. The first kappa shape index (κ1) is 8.64. The van der Waals surface area contributed by atoms with Crippen molar-refractivity contribution >= 4 is 15.9 Å². The predicted molar refractivity (Wildman–Crippen MR) is 39.2 cm³/mol. The van der Waals surface area contributed by atoms with E-state index in [1.165, 1.54) is 0 Å². The van der Waals surface area contributed by atoms with Gasteiger partial charge in [0, 0.05) is 6.54 Å². The molecule has 0 aliphatic carbocycles. The van der Waals surface area contributed by atoms with Crippen molar-refractivity contribution in [1.82, 2.24) is 5.32 Å². The zero-order chi connectivity index (χ0) is 8.48. The number of nitrogens with one attached hydrogen (secondary N) is 1. The lowest BCUT2D eigenvalue weighted by atomic mass is 10.2. The van der Waals surface area contributed by atoms with Crippen molar-refractivity contribution < 1.29 is 13.2 Å². The van der Waals surface area contributed by atoms with Crippen LogP contribution < -0.4 is 5.32 Å². The molecule has 0 aromatic heterocycles. The highest BCUT2D eigenvalue weighted by molar-refractivity contribution is 9.11. The fraction of sp³-hybridized carbons (Fsp3) is 0.333. The summed E-state index contributed by atoms with van der Waals surface area (Å²) in [5, 5.41) is 2.69. The van der Waals surface area contributed by atoms with Gasteiger partial charge in [0.05, 0.1) is 10.2 Å². The first-order valence-corrected chi connectivity index (χ1v) is 3.68. The van der Waals surface area contributed by atoms with Crippen LogP contribution in [0, 0.1) is 0 Å². The topological polar surface area (TPSA) is 12.0 Å². The number of allylic oxidation sites excluding steroid dienone is 2. The lowest BCUT2D eigenvalue weighted by Crippen LogP contribution is -2.20. The molecule has 0 saturated carbocycles. The first-order chi connectivity index (χ1) is 5.00. The lowest BCUT2D eigenvalue weighted by Gasteiger charge is -2.13. The third kappa shape index (κ3) is 2.25. The van der Waals surface area contributed by atoms with E-state index in [0.717, 1.165) is 12.2 Å². The third-order valence-electron chi connectivity index (χ3n) is 1.20. The molecule has 11 heavy (non-hydrogen) atoms. The normalized spacial score (nSPS) is 18.5. The van der Waals surface area contributed by atoms with Crippen molar-refractivity contribution in [3.63, 3.8) is 0 Å². The number of hydrogen-bond donors (Lipinski definition) is 1.